The van der Waals surface area contributed by atoms with Gasteiger partial charge in [-0.1, -0.05) is 12.5 Å². The summed E-state index contributed by atoms with van der Waals surface area (Å²) in [5, 5.41) is 16.1. The molecule has 4 nitrogen and oxygen atoms in total. The first-order valence-electron chi connectivity index (χ1n) is 9.41. The fourth-order valence-electron chi connectivity index (χ4n) is 4.61. The van der Waals surface area contributed by atoms with Crippen molar-refractivity contribution in [3.8, 4) is 5.69 Å². The van der Waals surface area contributed by atoms with E-state index in [0.717, 1.165) is 42.6 Å². The molecule has 27 heavy (non-hydrogen) atoms. The van der Waals surface area contributed by atoms with E-state index in [1.165, 1.54) is 17.7 Å². The van der Waals surface area contributed by atoms with Gasteiger partial charge in [0.25, 0.3) is 0 Å². The summed E-state index contributed by atoms with van der Waals surface area (Å²) in [5.74, 6) is -0.257. The van der Waals surface area contributed by atoms with Gasteiger partial charge in [-0.05, 0) is 74.1 Å². The standard InChI is InChI=1S/C22H25FN2O2/c1-21-14-16-15-24-25(19-8-6-18(23)7-9-19)20(16)13-17(21)5-3-10-22(21,26)11-4-12-27-2/h4,6-9,12-13,15,26H,3,5,10-11,14H2,1-2H3/t21-,22+/m0/s1. The molecule has 0 saturated heterocycles. The van der Waals surface area contributed by atoms with Crippen LogP contribution < -0.4 is 0 Å². The first kappa shape index (κ1) is 18.0. The summed E-state index contributed by atoms with van der Waals surface area (Å²) < 4.78 is 20.1. The highest BCUT2D eigenvalue weighted by atomic mass is 19.1. The van der Waals surface area contributed by atoms with E-state index in [2.05, 4.69) is 18.1 Å². The van der Waals surface area contributed by atoms with Gasteiger partial charge >= 0.3 is 0 Å². The van der Waals surface area contributed by atoms with E-state index in [-0.39, 0.29) is 11.2 Å². The molecule has 0 unspecified atom stereocenters. The quantitative estimate of drug-likeness (QED) is 0.813. The molecule has 2 atom stereocenters. The van der Waals surface area contributed by atoms with Gasteiger partial charge in [0.2, 0.25) is 0 Å². The zero-order chi connectivity index (χ0) is 19.1. The number of fused-ring (bicyclic) bond motifs is 2. The summed E-state index contributed by atoms with van der Waals surface area (Å²) in [4.78, 5) is 0. The summed E-state index contributed by atoms with van der Waals surface area (Å²) in [6.45, 7) is 2.16. The Balaban J connectivity index is 1.73. The molecule has 2 aliphatic carbocycles. The van der Waals surface area contributed by atoms with Gasteiger partial charge in [-0.25, -0.2) is 9.07 Å². The molecule has 1 N–H and O–H groups in total. The maximum Gasteiger partial charge on any atom is 0.123 e. The van der Waals surface area contributed by atoms with Crippen LogP contribution in [0.1, 0.15) is 43.9 Å². The van der Waals surface area contributed by atoms with Crippen molar-refractivity contribution >= 4 is 6.08 Å². The van der Waals surface area contributed by atoms with Gasteiger partial charge in [0.05, 0.1) is 36.6 Å². The maximum atomic E-state index is 13.3. The third-order valence-corrected chi connectivity index (χ3v) is 6.27. The summed E-state index contributed by atoms with van der Waals surface area (Å²) >= 11 is 0. The predicted octanol–water partition coefficient (Wildman–Crippen LogP) is 4.42. The molecule has 0 amide bonds. The van der Waals surface area contributed by atoms with E-state index in [9.17, 15) is 9.50 Å². The second-order valence-electron chi connectivity index (χ2n) is 7.82. The topological polar surface area (TPSA) is 47.3 Å². The monoisotopic (exact) mass is 368 g/mol. The molecule has 1 saturated carbocycles. The molecule has 0 bridgehead atoms. The highest BCUT2D eigenvalue weighted by Crippen LogP contribution is 2.54. The number of ether oxygens (including phenoxy) is 1. The second kappa shape index (κ2) is 6.64. The number of aromatic nitrogens is 2. The van der Waals surface area contributed by atoms with Crippen LogP contribution in [0.25, 0.3) is 11.8 Å². The van der Waals surface area contributed by atoms with Gasteiger partial charge in [0.1, 0.15) is 5.82 Å². The Morgan fingerprint density at radius 3 is 2.85 bits per heavy atom. The number of nitrogens with zero attached hydrogens (tertiary/aromatic N) is 2. The Kier molecular flexibility index (Phi) is 4.42. The van der Waals surface area contributed by atoms with Gasteiger partial charge in [-0.2, -0.15) is 5.10 Å². The largest absolute Gasteiger partial charge is 0.505 e. The molecular formula is C22H25FN2O2. The van der Waals surface area contributed by atoms with Crippen LogP contribution in [0.5, 0.6) is 0 Å². The molecule has 0 aliphatic heterocycles. The van der Waals surface area contributed by atoms with E-state index < -0.39 is 5.60 Å². The van der Waals surface area contributed by atoms with Gasteiger partial charge in [-0.3, -0.25) is 0 Å². The highest BCUT2D eigenvalue weighted by molar-refractivity contribution is 5.62. The molecule has 0 spiro atoms. The van der Waals surface area contributed by atoms with Crippen molar-refractivity contribution in [1.29, 1.82) is 0 Å². The van der Waals surface area contributed by atoms with Crippen molar-refractivity contribution in [3.05, 3.63) is 65.4 Å². The van der Waals surface area contributed by atoms with Crippen molar-refractivity contribution < 1.29 is 14.2 Å². The van der Waals surface area contributed by atoms with Crippen LogP contribution in [-0.4, -0.2) is 27.6 Å². The number of methoxy groups -OCH3 is 1. The van der Waals surface area contributed by atoms with Crippen LogP contribution in [0.15, 0.2) is 48.4 Å². The molecule has 0 radical (unpaired) electrons. The van der Waals surface area contributed by atoms with Crippen LogP contribution in [0.2, 0.25) is 0 Å². The minimum Gasteiger partial charge on any atom is -0.505 e. The van der Waals surface area contributed by atoms with Crippen LogP contribution in [0, 0.1) is 11.2 Å². The number of benzene rings is 1. The number of aliphatic hydroxyl groups is 1. The Labute approximate surface area is 159 Å². The van der Waals surface area contributed by atoms with Crippen LogP contribution in [-0.2, 0) is 11.2 Å². The van der Waals surface area contributed by atoms with E-state index in [0.29, 0.717) is 6.42 Å². The van der Waals surface area contributed by atoms with E-state index in [1.807, 2.05) is 17.0 Å². The van der Waals surface area contributed by atoms with Gasteiger partial charge in [0.15, 0.2) is 0 Å². The summed E-state index contributed by atoms with van der Waals surface area (Å²) in [6, 6.07) is 6.37. The summed E-state index contributed by atoms with van der Waals surface area (Å²) in [6.07, 6.45) is 11.6. The number of hydrogen-bond donors (Lipinski definition) is 1. The highest BCUT2D eigenvalue weighted by Gasteiger charge is 2.52. The van der Waals surface area contributed by atoms with E-state index in [1.54, 1.807) is 25.5 Å². The smallest absolute Gasteiger partial charge is 0.123 e. The molecule has 1 aromatic heterocycles. The molecule has 4 rings (SSSR count). The Morgan fingerprint density at radius 2 is 2.11 bits per heavy atom. The average Bonchev–Trinajstić information content (AvgIpc) is 3.04. The Bertz CT molecular complexity index is 900. The lowest BCUT2D eigenvalue weighted by Gasteiger charge is -2.51. The summed E-state index contributed by atoms with van der Waals surface area (Å²) in [7, 11) is 1.62. The van der Waals surface area contributed by atoms with Gasteiger partial charge < -0.3 is 9.84 Å². The van der Waals surface area contributed by atoms with Crippen molar-refractivity contribution in [2.75, 3.05) is 7.11 Å². The lowest BCUT2D eigenvalue weighted by molar-refractivity contribution is -0.0762. The SMILES string of the molecule is COC=CC[C@]1(O)CCCC2=Cc3c(cnn3-c3ccc(F)cc3)C[C@@]21C. The fourth-order valence-corrected chi connectivity index (χ4v) is 4.61. The zero-order valence-electron chi connectivity index (χ0n) is 15.8. The second-order valence-corrected chi connectivity index (χ2v) is 7.82. The Morgan fingerprint density at radius 1 is 1.33 bits per heavy atom. The molecule has 1 fully saturated rings. The van der Waals surface area contributed by atoms with Crippen LogP contribution in [0.4, 0.5) is 4.39 Å². The first-order valence-corrected chi connectivity index (χ1v) is 9.41. The molecule has 2 aliphatic rings. The van der Waals surface area contributed by atoms with Crippen LogP contribution in [0.3, 0.4) is 0 Å². The Hall–Kier alpha value is -2.40. The number of rotatable bonds is 4. The third kappa shape index (κ3) is 2.90. The average molecular weight is 368 g/mol. The van der Waals surface area contributed by atoms with Gasteiger partial charge in [-0.15, -0.1) is 0 Å². The third-order valence-electron chi connectivity index (χ3n) is 6.27. The molecule has 1 heterocycles. The van der Waals surface area contributed by atoms with E-state index in [4.69, 9.17) is 4.74 Å². The lowest BCUT2D eigenvalue weighted by Crippen LogP contribution is -2.52. The van der Waals surface area contributed by atoms with Crippen molar-refractivity contribution in [3.63, 3.8) is 0 Å². The molecule has 142 valence electrons. The first-order chi connectivity index (χ1) is 13.0. The number of hydrogen-bond acceptors (Lipinski definition) is 3. The van der Waals surface area contributed by atoms with Gasteiger partial charge in [0, 0.05) is 5.41 Å². The van der Waals surface area contributed by atoms with Crippen molar-refractivity contribution in [2.45, 2.75) is 44.6 Å². The zero-order valence-corrected chi connectivity index (χ0v) is 15.8. The van der Waals surface area contributed by atoms with Crippen LogP contribution >= 0.6 is 0 Å². The normalized spacial score (nSPS) is 27.2. The number of halogens is 1. The van der Waals surface area contributed by atoms with E-state index >= 15 is 0 Å². The molecular weight excluding hydrogens is 343 g/mol. The molecule has 1 aromatic carbocycles. The minimum atomic E-state index is -0.804. The van der Waals surface area contributed by atoms with Crippen molar-refractivity contribution in [2.24, 2.45) is 5.41 Å². The summed E-state index contributed by atoms with van der Waals surface area (Å²) in [5.41, 5.74) is 3.12. The molecule has 2 aromatic rings. The van der Waals surface area contributed by atoms with Crippen molar-refractivity contribution in [1.82, 2.24) is 9.78 Å². The predicted molar refractivity (Wildman–Crippen MR) is 103 cm³/mol. The lowest BCUT2D eigenvalue weighted by atomic mass is 9.56. The molecule has 5 heteroatoms. The fraction of sp³-hybridized carbons (Fsp3) is 0.409. The maximum absolute atomic E-state index is 13.3. The minimum absolute atomic E-state index is 0.257.